The zero-order valence-corrected chi connectivity index (χ0v) is 14.9. The van der Waals surface area contributed by atoms with Gasteiger partial charge in [-0.15, -0.1) is 0 Å². The van der Waals surface area contributed by atoms with Gasteiger partial charge in [0.05, 0.1) is 0 Å². The molecular weight excluding hydrogens is 448 g/mol. The van der Waals surface area contributed by atoms with Crippen molar-refractivity contribution in [3.63, 3.8) is 0 Å². The molecule has 0 amide bonds. The standard InChI is InChI=1S/C15H17I2N/c1-15(17,9-10-18-2)12-7-3-5-11-6-4-8-13(16)14(11)12/h3-8,18H,9-10H2,1-2H3. The number of halogens is 2. The van der Waals surface area contributed by atoms with Gasteiger partial charge in [0.25, 0.3) is 0 Å². The van der Waals surface area contributed by atoms with Crippen molar-refractivity contribution in [3.8, 4) is 0 Å². The van der Waals surface area contributed by atoms with Gasteiger partial charge in [-0.1, -0.05) is 52.9 Å². The minimum atomic E-state index is 0.168. The van der Waals surface area contributed by atoms with Crippen molar-refractivity contribution in [2.75, 3.05) is 13.6 Å². The fraction of sp³-hybridized carbons (Fsp3) is 0.333. The molecule has 0 heterocycles. The lowest BCUT2D eigenvalue weighted by molar-refractivity contribution is 0.618. The van der Waals surface area contributed by atoms with Gasteiger partial charge in [0, 0.05) is 6.99 Å². The van der Waals surface area contributed by atoms with Crippen LogP contribution in [0.3, 0.4) is 0 Å². The average Bonchev–Trinajstić information content (AvgIpc) is 2.36. The smallest absolute Gasteiger partial charge is 0.0460 e. The lowest BCUT2D eigenvalue weighted by atomic mass is 9.92. The Balaban J connectivity index is 2.57. The second kappa shape index (κ2) is 6.05. The van der Waals surface area contributed by atoms with Crippen LogP contribution in [0, 0.1) is 3.57 Å². The lowest BCUT2D eigenvalue weighted by Gasteiger charge is -2.25. The van der Waals surface area contributed by atoms with Crippen LogP contribution >= 0.6 is 45.2 Å². The number of alkyl halides is 1. The van der Waals surface area contributed by atoms with E-state index in [4.69, 9.17) is 0 Å². The van der Waals surface area contributed by atoms with Crippen molar-refractivity contribution in [2.24, 2.45) is 0 Å². The number of nitrogens with one attached hydrogen (secondary N) is 1. The monoisotopic (exact) mass is 465 g/mol. The third-order valence-electron chi connectivity index (χ3n) is 3.26. The maximum Gasteiger partial charge on any atom is 0.0460 e. The van der Waals surface area contributed by atoms with Crippen LogP contribution in [0.15, 0.2) is 36.4 Å². The number of hydrogen-bond donors (Lipinski definition) is 1. The molecule has 0 bridgehead atoms. The Bertz CT molecular complexity index is 544. The van der Waals surface area contributed by atoms with Gasteiger partial charge in [0.2, 0.25) is 0 Å². The molecule has 1 nitrogen and oxygen atoms in total. The molecular formula is C15H17I2N. The Morgan fingerprint density at radius 3 is 2.50 bits per heavy atom. The van der Waals surface area contributed by atoms with Crippen LogP contribution < -0.4 is 5.32 Å². The van der Waals surface area contributed by atoms with E-state index in [1.165, 1.54) is 19.9 Å². The van der Waals surface area contributed by atoms with Crippen molar-refractivity contribution < 1.29 is 0 Å². The summed E-state index contributed by atoms with van der Waals surface area (Å²) < 4.78 is 1.51. The van der Waals surface area contributed by atoms with Crippen LogP contribution in [0.1, 0.15) is 18.9 Å². The van der Waals surface area contributed by atoms with Gasteiger partial charge in [-0.05, 0) is 71.9 Å². The maximum atomic E-state index is 3.25. The molecule has 0 aliphatic heterocycles. The zero-order chi connectivity index (χ0) is 13.2. The van der Waals surface area contributed by atoms with E-state index in [9.17, 15) is 0 Å². The highest BCUT2D eigenvalue weighted by Crippen LogP contribution is 2.40. The fourth-order valence-electron chi connectivity index (χ4n) is 2.22. The first-order valence-corrected chi connectivity index (χ1v) is 8.23. The summed E-state index contributed by atoms with van der Waals surface area (Å²) in [5.74, 6) is 0. The van der Waals surface area contributed by atoms with Crippen LogP contribution in [-0.2, 0) is 3.42 Å². The first-order valence-electron chi connectivity index (χ1n) is 6.07. The first kappa shape index (κ1) is 14.5. The number of hydrogen-bond acceptors (Lipinski definition) is 1. The van der Waals surface area contributed by atoms with Crippen molar-refractivity contribution in [1.82, 2.24) is 5.32 Å². The molecule has 0 aromatic heterocycles. The normalized spacial score (nSPS) is 14.7. The van der Waals surface area contributed by atoms with E-state index in [0.29, 0.717) is 0 Å². The SMILES string of the molecule is CNCCC(C)(I)c1cccc2cccc(I)c12. The quantitative estimate of drug-likeness (QED) is 0.510. The van der Waals surface area contributed by atoms with Crippen molar-refractivity contribution in [2.45, 2.75) is 16.8 Å². The van der Waals surface area contributed by atoms with E-state index in [-0.39, 0.29) is 3.42 Å². The minimum Gasteiger partial charge on any atom is -0.320 e. The van der Waals surface area contributed by atoms with E-state index < -0.39 is 0 Å². The number of fused-ring (bicyclic) bond motifs is 1. The fourth-order valence-corrected chi connectivity index (χ4v) is 3.75. The molecule has 0 saturated carbocycles. The molecule has 1 unspecified atom stereocenters. The third-order valence-corrected chi connectivity index (χ3v) is 5.28. The molecule has 0 spiro atoms. The van der Waals surface area contributed by atoms with Gasteiger partial charge < -0.3 is 5.32 Å². The minimum absolute atomic E-state index is 0.168. The predicted molar refractivity (Wildman–Crippen MR) is 96.6 cm³/mol. The van der Waals surface area contributed by atoms with E-state index in [0.717, 1.165) is 13.0 Å². The maximum absolute atomic E-state index is 3.25. The van der Waals surface area contributed by atoms with Gasteiger partial charge in [-0.3, -0.25) is 0 Å². The molecule has 3 heteroatoms. The summed E-state index contributed by atoms with van der Waals surface area (Å²) in [4.78, 5) is 0. The van der Waals surface area contributed by atoms with Gasteiger partial charge in [-0.25, -0.2) is 0 Å². The van der Waals surface area contributed by atoms with Crippen LogP contribution in [0.5, 0.6) is 0 Å². The van der Waals surface area contributed by atoms with Gasteiger partial charge in [-0.2, -0.15) is 0 Å². The highest BCUT2D eigenvalue weighted by Gasteiger charge is 2.24. The summed E-state index contributed by atoms with van der Waals surface area (Å²) >= 11 is 5.03. The summed E-state index contributed by atoms with van der Waals surface area (Å²) in [6, 6.07) is 13.2. The zero-order valence-electron chi connectivity index (χ0n) is 10.6. The molecule has 2 aromatic carbocycles. The van der Waals surface area contributed by atoms with Gasteiger partial charge in [0.1, 0.15) is 0 Å². The highest BCUT2D eigenvalue weighted by molar-refractivity contribution is 14.1. The molecule has 96 valence electrons. The summed E-state index contributed by atoms with van der Waals surface area (Å²) in [6.45, 7) is 3.36. The second-order valence-electron chi connectivity index (χ2n) is 4.69. The highest BCUT2D eigenvalue weighted by atomic mass is 127. The molecule has 2 rings (SSSR count). The summed E-state index contributed by atoms with van der Waals surface area (Å²) in [5, 5.41) is 6.00. The Hall–Kier alpha value is 0.120. The molecule has 18 heavy (non-hydrogen) atoms. The van der Waals surface area contributed by atoms with E-state index >= 15 is 0 Å². The topological polar surface area (TPSA) is 12.0 Å². The largest absolute Gasteiger partial charge is 0.320 e. The van der Waals surface area contributed by atoms with Crippen LogP contribution in [-0.4, -0.2) is 13.6 Å². The number of benzene rings is 2. The summed E-state index contributed by atoms with van der Waals surface area (Å²) in [7, 11) is 2.01. The Labute approximate surface area is 136 Å². The summed E-state index contributed by atoms with van der Waals surface area (Å²) in [5.41, 5.74) is 1.45. The predicted octanol–water partition coefficient (Wildman–Crippen LogP) is 4.70. The Kier molecular flexibility index (Phi) is 4.88. The molecule has 0 saturated heterocycles. The second-order valence-corrected chi connectivity index (χ2v) is 8.24. The molecule has 0 aliphatic carbocycles. The Morgan fingerprint density at radius 2 is 1.83 bits per heavy atom. The summed E-state index contributed by atoms with van der Waals surface area (Å²) in [6.07, 6.45) is 1.13. The molecule has 1 N–H and O–H groups in total. The molecule has 1 atom stereocenters. The van der Waals surface area contributed by atoms with E-state index in [1.807, 2.05) is 7.05 Å². The van der Waals surface area contributed by atoms with Crippen LogP contribution in [0.25, 0.3) is 10.8 Å². The third kappa shape index (κ3) is 2.99. The van der Waals surface area contributed by atoms with E-state index in [1.54, 1.807) is 0 Å². The first-order chi connectivity index (χ1) is 8.56. The number of rotatable bonds is 4. The van der Waals surface area contributed by atoms with Gasteiger partial charge >= 0.3 is 0 Å². The van der Waals surface area contributed by atoms with Crippen molar-refractivity contribution in [3.05, 3.63) is 45.5 Å². The molecule has 0 aliphatic rings. The Morgan fingerprint density at radius 1 is 1.17 bits per heavy atom. The molecule has 0 radical (unpaired) electrons. The van der Waals surface area contributed by atoms with Gasteiger partial charge in [0.15, 0.2) is 0 Å². The van der Waals surface area contributed by atoms with Crippen LogP contribution in [0.2, 0.25) is 0 Å². The lowest BCUT2D eigenvalue weighted by Crippen LogP contribution is -2.21. The average molecular weight is 465 g/mol. The van der Waals surface area contributed by atoms with Crippen LogP contribution in [0.4, 0.5) is 0 Å². The molecule has 2 aromatic rings. The van der Waals surface area contributed by atoms with E-state index in [2.05, 4.69) is 93.8 Å². The molecule has 0 fully saturated rings. The van der Waals surface area contributed by atoms with Crippen molar-refractivity contribution >= 4 is 56.0 Å². The van der Waals surface area contributed by atoms with Crippen molar-refractivity contribution in [1.29, 1.82) is 0 Å².